The van der Waals surface area contributed by atoms with Crippen molar-refractivity contribution in [3.05, 3.63) is 42.0 Å². The lowest BCUT2D eigenvalue weighted by Gasteiger charge is -2.26. The third kappa shape index (κ3) is 2.33. The Morgan fingerprint density at radius 2 is 2.32 bits per heavy atom. The van der Waals surface area contributed by atoms with E-state index in [2.05, 4.69) is 44.3 Å². The highest BCUT2D eigenvalue weighted by Crippen LogP contribution is 2.35. The van der Waals surface area contributed by atoms with Gasteiger partial charge < -0.3 is 14.6 Å². The van der Waals surface area contributed by atoms with Gasteiger partial charge in [-0.05, 0) is 18.1 Å². The summed E-state index contributed by atoms with van der Waals surface area (Å²) >= 11 is 0. The first-order valence-corrected chi connectivity index (χ1v) is 6.59. The fraction of sp³-hybridized carbons (Fsp3) is 0.429. The van der Waals surface area contributed by atoms with Gasteiger partial charge in [0.05, 0.1) is 6.61 Å². The van der Waals surface area contributed by atoms with Gasteiger partial charge in [-0.3, -0.25) is 0 Å². The highest BCUT2D eigenvalue weighted by atomic mass is 16.5. The molecule has 2 heterocycles. The molecule has 0 spiro atoms. The number of hydrogen-bond acceptors (Lipinski definition) is 4. The standard InChI is InChI=1S/C14H18N4O/c1-19-9-8-18-10-16-17-14(18)12-6-7-15-13-5-3-2-4-11(12)13/h2-5,10,12,15H,6-9H2,1H3. The molecule has 2 aromatic rings. The van der Waals surface area contributed by atoms with E-state index in [1.165, 1.54) is 11.3 Å². The highest BCUT2D eigenvalue weighted by Gasteiger charge is 2.25. The van der Waals surface area contributed by atoms with Crippen molar-refractivity contribution in [2.75, 3.05) is 25.6 Å². The van der Waals surface area contributed by atoms with Crippen LogP contribution < -0.4 is 5.32 Å². The van der Waals surface area contributed by atoms with E-state index in [0.717, 1.165) is 25.3 Å². The molecule has 0 radical (unpaired) electrons. The zero-order valence-electron chi connectivity index (χ0n) is 11.0. The van der Waals surface area contributed by atoms with E-state index in [9.17, 15) is 0 Å². The summed E-state index contributed by atoms with van der Waals surface area (Å²) in [6, 6.07) is 8.43. The van der Waals surface area contributed by atoms with E-state index in [1.807, 2.05) is 0 Å². The van der Waals surface area contributed by atoms with Crippen molar-refractivity contribution in [3.63, 3.8) is 0 Å². The van der Waals surface area contributed by atoms with Crippen molar-refractivity contribution >= 4 is 5.69 Å². The Balaban J connectivity index is 1.93. The van der Waals surface area contributed by atoms with Crippen molar-refractivity contribution < 1.29 is 4.74 Å². The van der Waals surface area contributed by atoms with Gasteiger partial charge in [0.2, 0.25) is 0 Å². The molecule has 1 aromatic heterocycles. The second-order valence-electron chi connectivity index (χ2n) is 4.73. The van der Waals surface area contributed by atoms with E-state index in [0.29, 0.717) is 12.5 Å². The fourth-order valence-corrected chi connectivity index (χ4v) is 2.63. The van der Waals surface area contributed by atoms with Crippen LogP contribution in [0.15, 0.2) is 30.6 Å². The first kappa shape index (κ1) is 12.2. The molecular weight excluding hydrogens is 240 g/mol. The predicted molar refractivity (Wildman–Crippen MR) is 73.3 cm³/mol. The van der Waals surface area contributed by atoms with Gasteiger partial charge in [-0.15, -0.1) is 10.2 Å². The molecule has 1 atom stereocenters. The quantitative estimate of drug-likeness (QED) is 0.909. The van der Waals surface area contributed by atoms with Crippen LogP contribution in [-0.2, 0) is 11.3 Å². The van der Waals surface area contributed by atoms with Crippen molar-refractivity contribution in [1.82, 2.24) is 14.8 Å². The van der Waals surface area contributed by atoms with Gasteiger partial charge in [-0.1, -0.05) is 18.2 Å². The molecule has 0 fully saturated rings. The highest BCUT2D eigenvalue weighted by molar-refractivity contribution is 5.56. The van der Waals surface area contributed by atoms with E-state index in [1.54, 1.807) is 13.4 Å². The van der Waals surface area contributed by atoms with Crippen LogP contribution in [0.1, 0.15) is 23.7 Å². The molecule has 0 bridgehead atoms. The number of hydrogen-bond donors (Lipinski definition) is 1. The topological polar surface area (TPSA) is 52.0 Å². The van der Waals surface area contributed by atoms with Crippen molar-refractivity contribution in [1.29, 1.82) is 0 Å². The number of anilines is 1. The summed E-state index contributed by atoms with van der Waals surface area (Å²) in [5.74, 6) is 1.35. The average Bonchev–Trinajstić information content (AvgIpc) is 2.92. The Hall–Kier alpha value is -1.88. The summed E-state index contributed by atoms with van der Waals surface area (Å²) in [6.45, 7) is 2.45. The van der Waals surface area contributed by atoms with E-state index < -0.39 is 0 Å². The Labute approximate surface area is 112 Å². The summed E-state index contributed by atoms with van der Waals surface area (Å²) in [5.41, 5.74) is 2.51. The lowest BCUT2D eigenvalue weighted by Crippen LogP contribution is -2.21. The smallest absolute Gasteiger partial charge is 0.140 e. The minimum Gasteiger partial charge on any atom is -0.385 e. The summed E-state index contributed by atoms with van der Waals surface area (Å²) in [7, 11) is 1.71. The lowest BCUT2D eigenvalue weighted by atomic mass is 9.90. The molecule has 5 nitrogen and oxygen atoms in total. The Morgan fingerprint density at radius 1 is 1.42 bits per heavy atom. The van der Waals surface area contributed by atoms with Crippen LogP contribution in [0.3, 0.4) is 0 Å². The number of fused-ring (bicyclic) bond motifs is 1. The van der Waals surface area contributed by atoms with Crippen molar-refractivity contribution in [2.45, 2.75) is 18.9 Å². The molecule has 1 aromatic carbocycles. The number of nitrogens with one attached hydrogen (secondary N) is 1. The maximum Gasteiger partial charge on any atom is 0.140 e. The predicted octanol–water partition coefficient (Wildman–Crippen LogP) is 1.87. The van der Waals surface area contributed by atoms with Gasteiger partial charge in [0.1, 0.15) is 12.2 Å². The van der Waals surface area contributed by atoms with E-state index in [4.69, 9.17) is 4.74 Å². The third-order valence-corrected chi connectivity index (χ3v) is 3.58. The third-order valence-electron chi connectivity index (χ3n) is 3.58. The Morgan fingerprint density at radius 3 is 3.21 bits per heavy atom. The molecule has 1 aliphatic rings. The molecule has 5 heteroatoms. The second-order valence-corrected chi connectivity index (χ2v) is 4.73. The number of nitrogens with zero attached hydrogens (tertiary/aromatic N) is 3. The minimum absolute atomic E-state index is 0.316. The summed E-state index contributed by atoms with van der Waals surface area (Å²) in [4.78, 5) is 0. The summed E-state index contributed by atoms with van der Waals surface area (Å²) < 4.78 is 7.23. The monoisotopic (exact) mass is 258 g/mol. The zero-order chi connectivity index (χ0) is 13.1. The van der Waals surface area contributed by atoms with Gasteiger partial charge in [0.15, 0.2) is 0 Å². The number of benzene rings is 1. The molecule has 1 aliphatic heterocycles. The fourth-order valence-electron chi connectivity index (χ4n) is 2.63. The number of ether oxygens (including phenoxy) is 1. The molecule has 1 N–H and O–H groups in total. The van der Waals surface area contributed by atoms with Crippen molar-refractivity contribution in [2.24, 2.45) is 0 Å². The number of aromatic nitrogens is 3. The van der Waals surface area contributed by atoms with Gasteiger partial charge in [0.25, 0.3) is 0 Å². The van der Waals surface area contributed by atoms with Crippen molar-refractivity contribution in [3.8, 4) is 0 Å². The average molecular weight is 258 g/mol. The van der Waals surface area contributed by atoms with Crippen LogP contribution >= 0.6 is 0 Å². The Bertz CT molecular complexity index is 552. The van der Waals surface area contributed by atoms with E-state index in [-0.39, 0.29) is 0 Å². The molecule has 0 amide bonds. The molecule has 100 valence electrons. The van der Waals surface area contributed by atoms with Gasteiger partial charge in [-0.2, -0.15) is 0 Å². The summed E-state index contributed by atoms with van der Waals surface area (Å²) in [6.07, 6.45) is 2.84. The molecule has 0 aliphatic carbocycles. The van der Waals surface area contributed by atoms with Gasteiger partial charge >= 0.3 is 0 Å². The van der Waals surface area contributed by atoms with Crippen LogP contribution in [0.25, 0.3) is 0 Å². The Kier molecular flexibility index (Phi) is 3.46. The van der Waals surface area contributed by atoms with Crippen LogP contribution in [-0.4, -0.2) is 35.0 Å². The maximum atomic E-state index is 5.14. The molecule has 0 saturated heterocycles. The summed E-state index contributed by atoms with van der Waals surface area (Å²) in [5, 5.41) is 11.8. The van der Waals surface area contributed by atoms with Gasteiger partial charge in [-0.25, -0.2) is 0 Å². The van der Waals surface area contributed by atoms with E-state index >= 15 is 0 Å². The zero-order valence-corrected chi connectivity index (χ0v) is 11.0. The number of rotatable bonds is 4. The first-order chi connectivity index (χ1) is 9.40. The van der Waals surface area contributed by atoms with Crippen LogP contribution in [0.4, 0.5) is 5.69 Å². The van der Waals surface area contributed by atoms with Crippen LogP contribution in [0.2, 0.25) is 0 Å². The van der Waals surface area contributed by atoms with Gasteiger partial charge in [0, 0.05) is 31.8 Å². The molecular formula is C14H18N4O. The maximum absolute atomic E-state index is 5.14. The number of methoxy groups -OCH3 is 1. The molecule has 0 saturated carbocycles. The molecule has 1 unspecified atom stereocenters. The van der Waals surface area contributed by atoms with Crippen LogP contribution in [0, 0.1) is 0 Å². The molecule has 3 rings (SSSR count). The van der Waals surface area contributed by atoms with Crippen LogP contribution in [0.5, 0.6) is 0 Å². The molecule has 19 heavy (non-hydrogen) atoms. The normalized spacial score (nSPS) is 17.8. The minimum atomic E-state index is 0.316. The first-order valence-electron chi connectivity index (χ1n) is 6.59. The lowest BCUT2D eigenvalue weighted by molar-refractivity contribution is 0.186. The largest absolute Gasteiger partial charge is 0.385 e. The second kappa shape index (κ2) is 5.40. The SMILES string of the molecule is COCCn1cnnc1C1CCNc2ccccc21. The number of para-hydroxylation sites is 1.